The molecule has 2 rings (SSSR count). The fourth-order valence-electron chi connectivity index (χ4n) is 2.86. The summed E-state index contributed by atoms with van der Waals surface area (Å²) in [5, 5.41) is 13.2. The monoisotopic (exact) mass is 396 g/mol. The first-order valence-electron chi connectivity index (χ1n) is 8.28. The van der Waals surface area contributed by atoms with Crippen molar-refractivity contribution in [1.82, 2.24) is 0 Å². The predicted octanol–water partition coefficient (Wildman–Crippen LogP) is 1.76. The van der Waals surface area contributed by atoms with Crippen LogP contribution >= 0.6 is 0 Å². The Kier molecular flexibility index (Phi) is 7.96. The SMILES string of the molecule is CO[C@@H]1[C@H](OC(C)=O)[C@@H](N=[N+]=[N-])[C@@H](O[N+](=O)[O-])O[C@@H]1COCc1ccccc1. The van der Waals surface area contributed by atoms with Crippen molar-refractivity contribution >= 4 is 5.97 Å². The van der Waals surface area contributed by atoms with E-state index < -0.39 is 41.7 Å². The van der Waals surface area contributed by atoms with Crippen LogP contribution in [0.15, 0.2) is 35.4 Å². The molecule has 0 N–H and O–H groups in total. The van der Waals surface area contributed by atoms with Gasteiger partial charge in [0.25, 0.3) is 5.09 Å². The average molecular weight is 396 g/mol. The fraction of sp³-hybridized carbons (Fsp3) is 0.562. The van der Waals surface area contributed by atoms with Crippen LogP contribution < -0.4 is 0 Å². The summed E-state index contributed by atoms with van der Waals surface area (Å²) in [4.78, 5) is 29.4. The molecule has 1 aliphatic rings. The van der Waals surface area contributed by atoms with Gasteiger partial charge in [-0.15, -0.1) is 10.1 Å². The van der Waals surface area contributed by atoms with E-state index in [9.17, 15) is 14.9 Å². The average Bonchev–Trinajstić information content (AvgIpc) is 2.64. The van der Waals surface area contributed by atoms with Crippen LogP contribution in [0.3, 0.4) is 0 Å². The molecule has 0 saturated carbocycles. The van der Waals surface area contributed by atoms with Crippen LogP contribution in [-0.2, 0) is 35.2 Å². The number of rotatable bonds is 9. The summed E-state index contributed by atoms with van der Waals surface area (Å²) >= 11 is 0. The Morgan fingerprint density at radius 3 is 2.64 bits per heavy atom. The van der Waals surface area contributed by atoms with Crippen molar-refractivity contribution in [3.8, 4) is 0 Å². The summed E-state index contributed by atoms with van der Waals surface area (Å²) < 4.78 is 21.7. The van der Waals surface area contributed by atoms with Crippen molar-refractivity contribution in [2.24, 2.45) is 5.11 Å². The molecular weight excluding hydrogens is 376 g/mol. The molecule has 5 atom stereocenters. The Labute approximate surface area is 160 Å². The maximum absolute atomic E-state index is 11.5. The lowest BCUT2D eigenvalue weighted by Crippen LogP contribution is -2.60. The number of hydrogen-bond donors (Lipinski definition) is 0. The van der Waals surface area contributed by atoms with E-state index in [1.807, 2.05) is 30.3 Å². The minimum absolute atomic E-state index is 0.0360. The van der Waals surface area contributed by atoms with Crippen LogP contribution in [0.1, 0.15) is 12.5 Å². The second-order valence-electron chi connectivity index (χ2n) is 5.84. The zero-order valence-electron chi connectivity index (χ0n) is 15.2. The number of benzene rings is 1. The molecule has 1 aliphatic heterocycles. The highest BCUT2D eigenvalue weighted by atomic mass is 17.0. The molecule has 1 heterocycles. The standard InChI is InChI=1S/C16H20N4O8/c1-10(21)26-15-13(18-19-17)16(28-20(22)23)27-12(14(15)24-2)9-25-8-11-6-4-3-5-7-11/h3-7,12-16H,8-9H2,1-2H3/t12-,13-,14+,15-,16-/m1/s1. The Morgan fingerprint density at radius 2 is 2.07 bits per heavy atom. The number of hydrogen-bond acceptors (Lipinski definition) is 9. The van der Waals surface area contributed by atoms with E-state index in [0.717, 1.165) is 12.5 Å². The third-order valence-electron chi connectivity index (χ3n) is 3.96. The second-order valence-corrected chi connectivity index (χ2v) is 5.84. The van der Waals surface area contributed by atoms with Gasteiger partial charge in [-0.3, -0.25) is 9.63 Å². The summed E-state index contributed by atoms with van der Waals surface area (Å²) in [5.41, 5.74) is 9.70. The third-order valence-corrected chi connectivity index (χ3v) is 3.96. The van der Waals surface area contributed by atoms with Gasteiger partial charge in [0, 0.05) is 18.9 Å². The molecule has 1 aromatic carbocycles. The summed E-state index contributed by atoms with van der Waals surface area (Å²) in [6.45, 7) is 1.38. The largest absolute Gasteiger partial charge is 0.459 e. The first kappa shape index (κ1) is 21.4. The molecule has 0 radical (unpaired) electrons. The Balaban J connectivity index is 2.18. The number of carbonyl (C=O) groups excluding carboxylic acids is 1. The first-order valence-corrected chi connectivity index (χ1v) is 8.28. The van der Waals surface area contributed by atoms with Crippen molar-refractivity contribution < 1.29 is 33.7 Å². The highest BCUT2D eigenvalue weighted by Crippen LogP contribution is 2.29. The van der Waals surface area contributed by atoms with Gasteiger partial charge < -0.3 is 18.9 Å². The Morgan fingerprint density at radius 1 is 1.36 bits per heavy atom. The minimum atomic E-state index is -1.59. The lowest BCUT2D eigenvalue weighted by atomic mass is 9.97. The lowest BCUT2D eigenvalue weighted by Gasteiger charge is -2.42. The molecule has 152 valence electrons. The number of nitrogens with zero attached hydrogens (tertiary/aromatic N) is 4. The van der Waals surface area contributed by atoms with E-state index in [0.29, 0.717) is 0 Å². The van der Waals surface area contributed by atoms with Gasteiger partial charge in [-0.2, -0.15) is 0 Å². The molecule has 12 heteroatoms. The van der Waals surface area contributed by atoms with E-state index in [4.69, 9.17) is 24.5 Å². The molecule has 0 aromatic heterocycles. The van der Waals surface area contributed by atoms with Crippen molar-refractivity contribution in [3.05, 3.63) is 56.5 Å². The van der Waals surface area contributed by atoms with E-state index in [1.165, 1.54) is 7.11 Å². The van der Waals surface area contributed by atoms with Crippen molar-refractivity contribution in [2.75, 3.05) is 13.7 Å². The van der Waals surface area contributed by atoms with Crippen LogP contribution in [0.2, 0.25) is 0 Å². The molecule has 12 nitrogen and oxygen atoms in total. The fourth-order valence-corrected chi connectivity index (χ4v) is 2.86. The highest BCUT2D eigenvalue weighted by molar-refractivity contribution is 5.66. The minimum Gasteiger partial charge on any atom is -0.459 e. The molecule has 0 aliphatic carbocycles. The molecule has 1 saturated heterocycles. The molecule has 1 aromatic rings. The zero-order chi connectivity index (χ0) is 20.5. The van der Waals surface area contributed by atoms with Gasteiger partial charge in [-0.05, 0) is 11.1 Å². The Bertz CT molecular complexity index is 712. The van der Waals surface area contributed by atoms with Gasteiger partial charge in [-0.25, -0.2) is 0 Å². The summed E-state index contributed by atoms with van der Waals surface area (Å²) in [6, 6.07) is 8.00. The van der Waals surface area contributed by atoms with Gasteiger partial charge in [0.2, 0.25) is 6.29 Å². The van der Waals surface area contributed by atoms with Crippen molar-refractivity contribution in [2.45, 2.75) is 44.2 Å². The maximum Gasteiger partial charge on any atom is 0.303 e. The Hall–Kier alpha value is -2.92. The molecule has 0 bridgehead atoms. The summed E-state index contributed by atoms with van der Waals surface area (Å²) in [7, 11) is 1.34. The van der Waals surface area contributed by atoms with Gasteiger partial charge in [-0.1, -0.05) is 35.4 Å². The highest BCUT2D eigenvalue weighted by Gasteiger charge is 2.49. The van der Waals surface area contributed by atoms with Crippen LogP contribution in [0.25, 0.3) is 10.4 Å². The molecular formula is C16H20N4O8. The molecule has 0 amide bonds. The van der Waals surface area contributed by atoms with Gasteiger partial charge in [0.1, 0.15) is 24.4 Å². The second kappa shape index (κ2) is 10.4. The van der Waals surface area contributed by atoms with E-state index in [1.54, 1.807) is 0 Å². The zero-order valence-corrected chi connectivity index (χ0v) is 15.2. The van der Waals surface area contributed by atoms with Gasteiger partial charge >= 0.3 is 5.97 Å². The number of azide groups is 1. The van der Waals surface area contributed by atoms with Crippen LogP contribution in [-0.4, -0.2) is 55.4 Å². The van der Waals surface area contributed by atoms with Crippen LogP contribution in [0, 0.1) is 10.1 Å². The normalized spacial score (nSPS) is 26.7. The van der Waals surface area contributed by atoms with E-state index in [-0.39, 0.29) is 13.2 Å². The molecule has 0 unspecified atom stereocenters. The quantitative estimate of drug-likeness (QED) is 0.153. The third kappa shape index (κ3) is 5.79. The van der Waals surface area contributed by atoms with Gasteiger partial charge in [0.15, 0.2) is 0 Å². The predicted molar refractivity (Wildman–Crippen MR) is 92.1 cm³/mol. The van der Waals surface area contributed by atoms with Crippen LogP contribution in [0.5, 0.6) is 0 Å². The number of ether oxygens (including phenoxy) is 4. The molecule has 1 fully saturated rings. The lowest BCUT2D eigenvalue weighted by molar-refractivity contribution is -0.783. The summed E-state index contributed by atoms with van der Waals surface area (Å²) in [5.74, 6) is -0.684. The van der Waals surface area contributed by atoms with E-state index >= 15 is 0 Å². The number of esters is 1. The van der Waals surface area contributed by atoms with Crippen molar-refractivity contribution in [3.63, 3.8) is 0 Å². The van der Waals surface area contributed by atoms with Crippen molar-refractivity contribution in [1.29, 1.82) is 0 Å². The number of methoxy groups -OCH3 is 1. The van der Waals surface area contributed by atoms with Crippen LogP contribution in [0.4, 0.5) is 0 Å². The van der Waals surface area contributed by atoms with E-state index in [2.05, 4.69) is 14.9 Å². The first-order chi connectivity index (χ1) is 13.5. The summed E-state index contributed by atoms with van der Waals surface area (Å²) in [6.07, 6.45) is -4.54. The molecule has 28 heavy (non-hydrogen) atoms. The smallest absolute Gasteiger partial charge is 0.303 e. The molecule has 0 spiro atoms. The number of carbonyl (C=O) groups is 1. The topological polar surface area (TPSA) is 155 Å². The van der Waals surface area contributed by atoms with Gasteiger partial charge in [0.05, 0.1) is 13.2 Å². The maximum atomic E-state index is 11.5.